The molecule has 1 N–H and O–H groups in total. The number of nitrogens with zero attached hydrogens (tertiary/aromatic N) is 2. The summed E-state index contributed by atoms with van der Waals surface area (Å²) >= 11 is 6.45. The van der Waals surface area contributed by atoms with Crippen molar-refractivity contribution in [3.8, 4) is 11.5 Å². The molecule has 1 aromatic heterocycles. The van der Waals surface area contributed by atoms with Crippen LogP contribution in [-0.4, -0.2) is 29.9 Å². The quantitative estimate of drug-likeness (QED) is 0.655. The number of hydrogen-bond acceptors (Lipinski definition) is 4. The van der Waals surface area contributed by atoms with E-state index in [0.717, 1.165) is 11.1 Å². The molecule has 0 spiro atoms. The fraction of sp³-hybridized carbons (Fsp3) is 0.238. The van der Waals surface area contributed by atoms with Gasteiger partial charge in [-0.15, -0.1) is 0 Å². The zero-order valence-corrected chi connectivity index (χ0v) is 16.8. The number of methoxy groups -OCH3 is 2. The number of benzene rings is 2. The van der Waals surface area contributed by atoms with E-state index in [9.17, 15) is 4.79 Å². The predicted molar refractivity (Wildman–Crippen MR) is 108 cm³/mol. The molecule has 0 saturated carbocycles. The first-order valence-electron chi connectivity index (χ1n) is 8.79. The Bertz CT molecular complexity index is 971. The second-order valence-electron chi connectivity index (χ2n) is 6.25. The van der Waals surface area contributed by atoms with Crippen molar-refractivity contribution in [1.29, 1.82) is 0 Å². The van der Waals surface area contributed by atoms with Gasteiger partial charge in [0.15, 0.2) is 0 Å². The molecule has 0 saturated heterocycles. The molecule has 0 unspecified atom stereocenters. The largest absolute Gasteiger partial charge is 0.497 e. The maximum absolute atomic E-state index is 12.7. The van der Waals surface area contributed by atoms with Gasteiger partial charge in [-0.1, -0.05) is 41.9 Å². The fourth-order valence-corrected chi connectivity index (χ4v) is 3.25. The van der Waals surface area contributed by atoms with Crippen molar-refractivity contribution < 1.29 is 14.3 Å². The third-order valence-electron chi connectivity index (χ3n) is 4.40. The van der Waals surface area contributed by atoms with E-state index in [4.69, 9.17) is 21.1 Å². The molecule has 0 radical (unpaired) electrons. The maximum Gasteiger partial charge on any atom is 0.256 e. The fourth-order valence-electron chi connectivity index (χ4n) is 2.93. The van der Waals surface area contributed by atoms with Crippen LogP contribution < -0.4 is 14.8 Å². The number of ether oxygens (including phenoxy) is 2. The lowest BCUT2D eigenvalue weighted by Gasteiger charge is -2.11. The smallest absolute Gasteiger partial charge is 0.256 e. The van der Waals surface area contributed by atoms with E-state index in [2.05, 4.69) is 10.4 Å². The average Bonchev–Trinajstić information content (AvgIpc) is 2.99. The summed E-state index contributed by atoms with van der Waals surface area (Å²) in [5.74, 6) is 1.05. The molecule has 0 bridgehead atoms. The Morgan fingerprint density at radius 1 is 1.14 bits per heavy atom. The van der Waals surface area contributed by atoms with Crippen molar-refractivity contribution in [1.82, 2.24) is 15.1 Å². The van der Waals surface area contributed by atoms with Gasteiger partial charge in [0.05, 0.1) is 32.0 Å². The molecule has 1 amide bonds. The van der Waals surface area contributed by atoms with Gasteiger partial charge in [-0.3, -0.25) is 4.79 Å². The van der Waals surface area contributed by atoms with Crippen molar-refractivity contribution in [2.45, 2.75) is 20.0 Å². The molecule has 0 aliphatic carbocycles. The first-order valence-corrected chi connectivity index (χ1v) is 9.17. The first-order chi connectivity index (χ1) is 13.5. The molecule has 0 atom stereocenters. The molecule has 2 aromatic carbocycles. The van der Waals surface area contributed by atoms with Crippen LogP contribution >= 0.6 is 11.6 Å². The Morgan fingerprint density at radius 2 is 1.89 bits per heavy atom. The summed E-state index contributed by atoms with van der Waals surface area (Å²) in [5.41, 5.74) is 2.86. The van der Waals surface area contributed by atoms with E-state index in [-0.39, 0.29) is 5.91 Å². The lowest BCUT2D eigenvalue weighted by atomic mass is 10.1. The number of nitrogens with one attached hydrogen (secondary N) is 1. The minimum atomic E-state index is -0.278. The average molecular weight is 400 g/mol. The zero-order valence-electron chi connectivity index (χ0n) is 16.0. The number of aromatic nitrogens is 2. The summed E-state index contributed by atoms with van der Waals surface area (Å²) in [6, 6.07) is 15.3. The second kappa shape index (κ2) is 8.80. The van der Waals surface area contributed by atoms with Crippen LogP contribution in [0.2, 0.25) is 5.15 Å². The number of aryl methyl sites for hydroxylation is 1. The normalized spacial score (nSPS) is 10.6. The predicted octanol–water partition coefficient (Wildman–Crippen LogP) is 3.84. The Labute approximate surface area is 169 Å². The number of rotatable bonds is 7. The van der Waals surface area contributed by atoms with Gasteiger partial charge in [0.1, 0.15) is 16.7 Å². The lowest BCUT2D eigenvalue weighted by molar-refractivity contribution is 0.0950. The van der Waals surface area contributed by atoms with Crippen LogP contribution in [0.25, 0.3) is 0 Å². The van der Waals surface area contributed by atoms with Gasteiger partial charge < -0.3 is 14.8 Å². The van der Waals surface area contributed by atoms with Crippen LogP contribution in [0.4, 0.5) is 0 Å². The Morgan fingerprint density at radius 3 is 2.57 bits per heavy atom. The minimum absolute atomic E-state index is 0.278. The third-order valence-corrected chi connectivity index (χ3v) is 4.79. The lowest BCUT2D eigenvalue weighted by Crippen LogP contribution is -2.23. The van der Waals surface area contributed by atoms with Crippen LogP contribution in [0, 0.1) is 6.92 Å². The first kappa shape index (κ1) is 19.8. The molecule has 28 heavy (non-hydrogen) atoms. The number of halogens is 1. The molecule has 146 valence electrons. The summed E-state index contributed by atoms with van der Waals surface area (Å²) in [6.45, 7) is 2.57. The van der Waals surface area contributed by atoms with E-state index < -0.39 is 0 Å². The van der Waals surface area contributed by atoms with E-state index >= 15 is 0 Å². The molecule has 3 aromatic rings. The summed E-state index contributed by atoms with van der Waals surface area (Å²) < 4.78 is 12.2. The second-order valence-corrected chi connectivity index (χ2v) is 6.61. The van der Waals surface area contributed by atoms with E-state index in [1.165, 1.54) is 0 Å². The highest BCUT2D eigenvalue weighted by atomic mass is 35.5. The molecule has 7 heteroatoms. The monoisotopic (exact) mass is 399 g/mol. The van der Waals surface area contributed by atoms with Gasteiger partial charge >= 0.3 is 0 Å². The van der Waals surface area contributed by atoms with Gasteiger partial charge in [0.25, 0.3) is 5.91 Å². The molecule has 0 aliphatic rings. The minimum Gasteiger partial charge on any atom is -0.497 e. The van der Waals surface area contributed by atoms with Crippen molar-refractivity contribution in [2.75, 3.05) is 14.2 Å². The van der Waals surface area contributed by atoms with Crippen LogP contribution in [0.5, 0.6) is 11.5 Å². The standard InChI is InChI=1S/C21H22ClN3O3/c1-14-19(20(22)25(24-14)13-15-7-5-4-6-8-15)21(26)23-12-16-9-10-17(27-2)11-18(16)28-3/h4-11H,12-13H2,1-3H3,(H,23,26). The van der Waals surface area contributed by atoms with Gasteiger partial charge in [-0.25, -0.2) is 4.68 Å². The van der Waals surface area contributed by atoms with Crippen LogP contribution in [-0.2, 0) is 13.1 Å². The van der Waals surface area contributed by atoms with E-state index in [1.807, 2.05) is 42.5 Å². The van der Waals surface area contributed by atoms with Crippen LogP contribution in [0.3, 0.4) is 0 Å². The van der Waals surface area contributed by atoms with Crippen LogP contribution in [0.1, 0.15) is 27.2 Å². The van der Waals surface area contributed by atoms with Crippen molar-refractivity contribution >= 4 is 17.5 Å². The molecule has 0 aliphatic heterocycles. The molecule has 1 heterocycles. The van der Waals surface area contributed by atoms with E-state index in [1.54, 1.807) is 31.9 Å². The SMILES string of the molecule is COc1ccc(CNC(=O)c2c(C)nn(Cc3ccccc3)c2Cl)c(OC)c1. The van der Waals surface area contributed by atoms with Crippen LogP contribution in [0.15, 0.2) is 48.5 Å². The molecule has 6 nitrogen and oxygen atoms in total. The van der Waals surface area contributed by atoms with Gasteiger partial charge in [-0.2, -0.15) is 5.10 Å². The Balaban J connectivity index is 1.75. The highest BCUT2D eigenvalue weighted by Gasteiger charge is 2.20. The van der Waals surface area contributed by atoms with Crippen molar-refractivity contribution in [3.05, 3.63) is 76.1 Å². The summed E-state index contributed by atoms with van der Waals surface area (Å²) in [6.07, 6.45) is 0. The number of carbonyl (C=O) groups is 1. The highest BCUT2D eigenvalue weighted by molar-refractivity contribution is 6.33. The number of hydrogen-bond donors (Lipinski definition) is 1. The van der Waals surface area contributed by atoms with Gasteiger partial charge in [-0.05, 0) is 24.6 Å². The molecular weight excluding hydrogens is 378 g/mol. The number of amides is 1. The zero-order chi connectivity index (χ0) is 20.1. The summed E-state index contributed by atoms with van der Waals surface area (Å²) in [5, 5.41) is 7.63. The van der Waals surface area contributed by atoms with Gasteiger partial charge in [0, 0.05) is 18.2 Å². The highest BCUT2D eigenvalue weighted by Crippen LogP contribution is 2.25. The molecule has 3 rings (SSSR count). The molecular formula is C21H22ClN3O3. The third kappa shape index (κ3) is 4.28. The van der Waals surface area contributed by atoms with Gasteiger partial charge in [0.2, 0.25) is 0 Å². The van der Waals surface area contributed by atoms with E-state index in [0.29, 0.717) is 41.0 Å². The Hall–Kier alpha value is -2.99. The van der Waals surface area contributed by atoms with Crippen molar-refractivity contribution in [3.63, 3.8) is 0 Å². The van der Waals surface area contributed by atoms with Crippen molar-refractivity contribution in [2.24, 2.45) is 0 Å². The molecule has 0 fully saturated rings. The Kier molecular flexibility index (Phi) is 6.21. The topological polar surface area (TPSA) is 65.4 Å². The number of carbonyl (C=O) groups excluding carboxylic acids is 1. The maximum atomic E-state index is 12.7. The summed E-state index contributed by atoms with van der Waals surface area (Å²) in [7, 11) is 3.17. The summed E-state index contributed by atoms with van der Waals surface area (Å²) in [4.78, 5) is 12.7.